The molecule has 2 amide bonds. The van der Waals surface area contributed by atoms with Crippen molar-refractivity contribution >= 4 is 15.9 Å². The molecule has 1 atom stereocenters. The van der Waals surface area contributed by atoms with Gasteiger partial charge >= 0.3 is 6.03 Å². The van der Waals surface area contributed by atoms with Crippen LogP contribution in [0.3, 0.4) is 0 Å². The van der Waals surface area contributed by atoms with Gasteiger partial charge in [0.25, 0.3) is 0 Å². The number of urea groups is 1. The van der Waals surface area contributed by atoms with E-state index in [0.29, 0.717) is 18.8 Å². The quantitative estimate of drug-likeness (QED) is 0.787. The molecule has 10 heteroatoms. The van der Waals surface area contributed by atoms with Gasteiger partial charge in [-0.25, -0.2) is 27.9 Å². The van der Waals surface area contributed by atoms with E-state index in [-0.39, 0.29) is 23.6 Å². The summed E-state index contributed by atoms with van der Waals surface area (Å²) in [5.41, 5.74) is 0.822. The number of aromatic nitrogens is 4. The maximum absolute atomic E-state index is 11.8. The van der Waals surface area contributed by atoms with Crippen molar-refractivity contribution in [2.24, 2.45) is 0 Å². The van der Waals surface area contributed by atoms with Crippen molar-refractivity contribution in [1.82, 2.24) is 30.4 Å². The van der Waals surface area contributed by atoms with Gasteiger partial charge in [-0.05, 0) is 18.1 Å². The van der Waals surface area contributed by atoms with E-state index < -0.39 is 9.84 Å². The Morgan fingerprint density at radius 2 is 2.26 bits per heavy atom. The molecule has 0 aromatic carbocycles. The van der Waals surface area contributed by atoms with Gasteiger partial charge in [0.2, 0.25) is 0 Å². The third-order valence-electron chi connectivity index (χ3n) is 3.48. The second-order valence-corrected chi connectivity index (χ2v) is 7.52. The average molecular weight is 336 g/mol. The Balaban J connectivity index is 1.49. The molecule has 2 aromatic heterocycles. The molecule has 0 radical (unpaired) electrons. The van der Waals surface area contributed by atoms with Crippen LogP contribution in [-0.4, -0.2) is 51.7 Å². The Morgan fingerprint density at radius 3 is 2.87 bits per heavy atom. The highest BCUT2D eigenvalue weighted by molar-refractivity contribution is 7.91. The van der Waals surface area contributed by atoms with Crippen molar-refractivity contribution in [2.75, 3.05) is 11.5 Å². The van der Waals surface area contributed by atoms with Crippen molar-refractivity contribution in [1.29, 1.82) is 0 Å². The Labute approximate surface area is 133 Å². The van der Waals surface area contributed by atoms with Gasteiger partial charge in [0.15, 0.2) is 15.7 Å². The van der Waals surface area contributed by atoms with Crippen LogP contribution in [0.4, 0.5) is 4.79 Å². The fourth-order valence-electron chi connectivity index (χ4n) is 2.31. The number of carbonyl (C=O) groups excluding carboxylic acids is 1. The molecule has 3 rings (SSSR count). The first kappa shape index (κ1) is 15.4. The Morgan fingerprint density at radius 1 is 1.39 bits per heavy atom. The summed E-state index contributed by atoms with van der Waals surface area (Å²) in [6.07, 6.45) is 5.06. The summed E-state index contributed by atoms with van der Waals surface area (Å²) in [6, 6.07) is 2.90. The van der Waals surface area contributed by atoms with Crippen molar-refractivity contribution in [3.8, 4) is 5.82 Å². The molecule has 122 valence electrons. The van der Waals surface area contributed by atoms with E-state index in [9.17, 15) is 13.2 Å². The van der Waals surface area contributed by atoms with E-state index in [0.717, 1.165) is 5.56 Å². The lowest BCUT2D eigenvalue weighted by atomic mass is 10.2. The number of pyridine rings is 1. The molecule has 2 N–H and O–H groups in total. The third kappa shape index (κ3) is 4.03. The molecule has 1 saturated heterocycles. The number of rotatable bonds is 4. The highest BCUT2D eigenvalue weighted by Crippen LogP contribution is 2.11. The molecule has 0 bridgehead atoms. The summed E-state index contributed by atoms with van der Waals surface area (Å²) in [5, 5.41) is 9.33. The van der Waals surface area contributed by atoms with Gasteiger partial charge in [-0.1, -0.05) is 6.07 Å². The van der Waals surface area contributed by atoms with E-state index in [1.807, 2.05) is 6.07 Å². The van der Waals surface area contributed by atoms with Crippen LogP contribution in [-0.2, 0) is 16.4 Å². The topological polar surface area (TPSA) is 119 Å². The predicted molar refractivity (Wildman–Crippen MR) is 81.6 cm³/mol. The Bertz CT molecular complexity index is 773. The summed E-state index contributed by atoms with van der Waals surface area (Å²) in [4.78, 5) is 19.9. The van der Waals surface area contributed by atoms with Gasteiger partial charge in [-0.2, -0.15) is 5.10 Å². The number of carbonyl (C=O) groups is 1. The first-order valence-electron chi connectivity index (χ1n) is 7.06. The zero-order valence-corrected chi connectivity index (χ0v) is 13.0. The molecule has 1 unspecified atom stereocenters. The zero-order chi connectivity index (χ0) is 16.3. The first-order chi connectivity index (χ1) is 11.0. The van der Waals surface area contributed by atoms with Crippen LogP contribution in [0.25, 0.3) is 5.82 Å². The van der Waals surface area contributed by atoms with Gasteiger partial charge in [0.05, 0.1) is 11.5 Å². The van der Waals surface area contributed by atoms with Crippen LogP contribution in [0.5, 0.6) is 0 Å². The summed E-state index contributed by atoms with van der Waals surface area (Å²) in [7, 11) is -3.00. The lowest BCUT2D eigenvalue weighted by molar-refractivity contribution is 0.237. The molecule has 0 aliphatic carbocycles. The van der Waals surface area contributed by atoms with Gasteiger partial charge in [-0.3, -0.25) is 0 Å². The lowest BCUT2D eigenvalue weighted by Crippen LogP contribution is -2.42. The van der Waals surface area contributed by atoms with E-state index in [2.05, 4.69) is 25.7 Å². The van der Waals surface area contributed by atoms with Crippen LogP contribution >= 0.6 is 0 Å². The molecule has 3 heterocycles. The van der Waals surface area contributed by atoms with Gasteiger partial charge in [0, 0.05) is 18.8 Å². The van der Waals surface area contributed by atoms with Crippen molar-refractivity contribution in [2.45, 2.75) is 19.0 Å². The lowest BCUT2D eigenvalue weighted by Gasteiger charge is -2.12. The minimum atomic E-state index is -3.00. The molecule has 1 aliphatic rings. The van der Waals surface area contributed by atoms with Crippen molar-refractivity contribution in [3.63, 3.8) is 0 Å². The second-order valence-electron chi connectivity index (χ2n) is 5.29. The van der Waals surface area contributed by atoms with E-state index in [1.54, 1.807) is 18.6 Å². The Hall–Kier alpha value is -2.49. The average Bonchev–Trinajstić information content (AvgIpc) is 3.15. The smallest absolute Gasteiger partial charge is 0.315 e. The molecular formula is C13H16N6O3S. The maximum atomic E-state index is 11.8. The van der Waals surface area contributed by atoms with Crippen molar-refractivity contribution < 1.29 is 13.2 Å². The second kappa shape index (κ2) is 6.32. The molecule has 1 fully saturated rings. The minimum absolute atomic E-state index is 0.00851. The highest BCUT2D eigenvalue weighted by Gasteiger charge is 2.28. The third-order valence-corrected chi connectivity index (χ3v) is 5.25. The fourth-order valence-corrected chi connectivity index (χ4v) is 3.98. The molecule has 0 saturated carbocycles. The summed E-state index contributed by atoms with van der Waals surface area (Å²) < 4.78 is 24.2. The van der Waals surface area contributed by atoms with Gasteiger partial charge in [-0.15, -0.1) is 0 Å². The minimum Gasteiger partial charge on any atom is -0.334 e. The van der Waals surface area contributed by atoms with Gasteiger partial charge < -0.3 is 10.6 Å². The van der Waals surface area contributed by atoms with Crippen LogP contribution in [0.15, 0.2) is 31.0 Å². The molecule has 23 heavy (non-hydrogen) atoms. The molecule has 9 nitrogen and oxygen atoms in total. The zero-order valence-electron chi connectivity index (χ0n) is 12.2. The SMILES string of the molecule is O=C(NCc1ccc(-n2cncn2)nc1)NC1CCS(=O)(=O)C1. The number of hydrogen-bond donors (Lipinski definition) is 2. The normalized spacial score (nSPS) is 19.4. The summed E-state index contributed by atoms with van der Waals surface area (Å²) in [5.74, 6) is 0.770. The number of hydrogen-bond acceptors (Lipinski definition) is 6. The summed E-state index contributed by atoms with van der Waals surface area (Å²) >= 11 is 0. The number of sulfone groups is 1. The predicted octanol–water partition coefficient (Wildman–Crippen LogP) is -0.351. The van der Waals surface area contributed by atoms with Crippen LogP contribution in [0, 0.1) is 0 Å². The summed E-state index contributed by atoms with van der Waals surface area (Å²) in [6.45, 7) is 0.302. The first-order valence-corrected chi connectivity index (χ1v) is 8.89. The van der Waals surface area contributed by atoms with E-state index in [4.69, 9.17) is 0 Å². The highest BCUT2D eigenvalue weighted by atomic mass is 32.2. The van der Waals surface area contributed by atoms with Crippen LogP contribution < -0.4 is 10.6 Å². The van der Waals surface area contributed by atoms with Crippen LogP contribution in [0.1, 0.15) is 12.0 Å². The van der Waals surface area contributed by atoms with Crippen molar-refractivity contribution in [3.05, 3.63) is 36.5 Å². The van der Waals surface area contributed by atoms with Gasteiger partial charge in [0.1, 0.15) is 12.7 Å². The van der Waals surface area contributed by atoms with Crippen LogP contribution in [0.2, 0.25) is 0 Å². The number of nitrogens with one attached hydrogen (secondary N) is 2. The molecule has 1 aliphatic heterocycles. The van der Waals surface area contributed by atoms with E-state index >= 15 is 0 Å². The molecule has 2 aromatic rings. The fraction of sp³-hybridized carbons (Fsp3) is 0.385. The standard InChI is InChI=1S/C13H16N6O3S/c20-13(18-11-3-4-23(21,22)7-11)16-6-10-1-2-12(15-5-10)19-9-14-8-17-19/h1-2,5,8-9,11H,3-4,6-7H2,(H2,16,18,20). The maximum Gasteiger partial charge on any atom is 0.315 e. The van der Waals surface area contributed by atoms with E-state index in [1.165, 1.54) is 11.0 Å². The molecular weight excluding hydrogens is 320 g/mol. The molecule has 0 spiro atoms. The monoisotopic (exact) mass is 336 g/mol. The number of amides is 2. The Kier molecular flexibility index (Phi) is 4.24. The number of nitrogens with zero attached hydrogens (tertiary/aromatic N) is 4. The largest absolute Gasteiger partial charge is 0.334 e.